The molecule has 0 aromatic carbocycles. The van der Waals surface area contributed by atoms with E-state index in [1.54, 1.807) is 0 Å². The standard InChI is InChI=1S/C15H29N3O3S/c1-13-4-3-10-18(12-13)11-9-17-14(19)15(22(2,20)21)5-7-16-8-6-15/h13,16H,3-12H2,1-2H3,(H,17,19). The first-order valence-corrected chi connectivity index (χ1v) is 10.2. The molecule has 0 spiro atoms. The SMILES string of the molecule is CC1CCCN(CCNC(=O)C2(S(C)(=O)=O)CCNCC2)C1. The molecule has 2 aliphatic heterocycles. The lowest BCUT2D eigenvalue weighted by atomic mass is 9.96. The van der Waals surface area contributed by atoms with Crippen molar-refractivity contribution in [1.82, 2.24) is 15.5 Å². The van der Waals surface area contributed by atoms with E-state index >= 15 is 0 Å². The largest absolute Gasteiger partial charge is 0.353 e. The highest BCUT2D eigenvalue weighted by molar-refractivity contribution is 7.92. The van der Waals surface area contributed by atoms with Crippen LogP contribution in [0.2, 0.25) is 0 Å². The number of carbonyl (C=O) groups excluding carboxylic acids is 1. The Hall–Kier alpha value is -0.660. The first kappa shape index (κ1) is 17.7. The van der Waals surface area contributed by atoms with Crippen molar-refractivity contribution in [3.05, 3.63) is 0 Å². The van der Waals surface area contributed by atoms with Gasteiger partial charge in [0.1, 0.15) is 0 Å². The summed E-state index contributed by atoms with van der Waals surface area (Å²) in [6.07, 6.45) is 4.38. The van der Waals surface area contributed by atoms with E-state index in [0.29, 0.717) is 38.4 Å². The zero-order chi connectivity index (χ0) is 16.2. The highest BCUT2D eigenvalue weighted by Gasteiger charge is 2.48. The van der Waals surface area contributed by atoms with Gasteiger partial charge in [-0.15, -0.1) is 0 Å². The van der Waals surface area contributed by atoms with E-state index in [2.05, 4.69) is 22.5 Å². The molecule has 0 aliphatic carbocycles. The van der Waals surface area contributed by atoms with Crippen LogP contribution in [0.4, 0.5) is 0 Å². The van der Waals surface area contributed by atoms with Crippen LogP contribution in [-0.4, -0.2) is 69.5 Å². The molecule has 128 valence electrons. The van der Waals surface area contributed by atoms with Gasteiger partial charge in [0.15, 0.2) is 14.6 Å². The maximum Gasteiger partial charge on any atom is 0.241 e. The molecule has 1 atom stereocenters. The maximum absolute atomic E-state index is 12.5. The third-order valence-corrected chi connectivity index (χ3v) is 7.00. The van der Waals surface area contributed by atoms with Gasteiger partial charge in [0.05, 0.1) is 0 Å². The van der Waals surface area contributed by atoms with Crippen molar-refractivity contribution < 1.29 is 13.2 Å². The second kappa shape index (κ2) is 7.27. The number of sulfone groups is 1. The van der Waals surface area contributed by atoms with Crippen molar-refractivity contribution in [2.45, 2.75) is 37.4 Å². The number of carbonyl (C=O) groups is 1. The summed E-state index contributed by atoms with van der Waals surface area (Å²) in [4.78, 5) is 14.9. The molecule has 6 nitrogen and oxygen atoms in total. The van der Waals surface area contributed by atoms with Gasteiger partial charge in [0.2, 0.25) is 5.91 Å². The monoisotopic (exact) mass is 331 g/mol. The van der Waals surface area contributed by atoms with Crippen LogP contribution in [0.3, 0.4) is 0 Å². The Balaban J connectivity index is 1.89. The molecule has 2 rings (SSSR count). The number of hydrogen-bond donors (Lipinski definition) is 2. The van der Waals surface area contributed by atoms with Crippen LogP contribution in [0.15, 0.2) is 0 Å². The van der Waals surface area contributed by atoms with E-state index in [1.165, 1.54) is 19.1 Å². The smallest absolute Gasteiger partial charge is 0.241 e. The Kier molecular flexibility index (Phi) is 5.85. The summed E-state index contributed by atoms with van der Waals surface area (Å²) in [7, 11) is -3.42. The zero-order valence-electron chi connectivity index (χ0n) is 13.7. The van der Waals surface area contributed by atoms with Crippen LogP contribution in [0, 0.1) is 5.92 Å². The van der Waals surface area contributed by atoms with Gasteiger partial charge in [0, 0.05) is 25.9 Å². The molecule has 2 saturated heterocycles. The predicted molar refractivity (Wildman–Crippen MR) is 87.5 cm³/mol. The normalized spacial score (nSPS) is 26.5. The average molecular weight is 331 g/mol. The van der Waals surface area contributed by atoms with E-state index in [0.717, 1.165) is 19.6 Å². The lowest BCUT2D eigenvalue weighted by molar-refractivity contribution is -0.124. The molecule has 2 aliphatic rings. The number of hydrogen-bond acceptors (Lipinski definition) is 5. The minimum absolute atomic E-state index is 0.318. The van der Waals surface area contributed by atoms with Gasteiger partial charge in [-0.1, -0.05) is 6.92 Å². The van der Waals surface area contributed by atoms with E-state index in [1.807, 2.05) is 0 Å². The quantitative estimate of drug-likeness (QED) is 0.741. The van der Waals surface area contributed by atoms with Gasteiger partial charge >= 0.3 is 0 Å². The van der Waals surface area contributed by atoms with Crippen LogP contribution >= 0.6 is 0 Å². The summed E-state index contributed by atoms with van der Waals surface area (Å²) in [5, 5.41) is 6.00. The fourth-order valence-corrected chi connectivity index (χ4v) is 4.93. The van der Waals surface area contributed by atoms with Crippen molar-refractivity contribution in [3.8, 4) is 0 Å². The Morgan fingerprint density at radius 1 is 1.36 bits per heavy atom. The third-order valence-electron chi connectivity index (χ3n) is 4.99. The minimum atomic E-state index is -3.42. The molecule has 2 N–H and O–H groups in total. The molecule has 0 radical (unpaired) electrons. The van der Waals surface area contributed by atoms with E-state index in [9.17, 15) is 13.2 Å². The number of nitrogens with one attached hydrogen (secondary N) is 2. The fraction of sp³-hybridized carbons (Fsp3) is 0.933. The number of nitrogens with zero attached hydrogens (tertiary/aromatic N) is 1. The molecule has 7 heteroatoms. The fourth-order valence-electron chi connectivity index (χ4n) is 3.58. The lowest BCUT2D eigenvalue weighted by Gasteiger charge is -2.35. The van der Waals surface area contributed by atoms with Crippen LogP contribution in [0.5, 0.6) is 0 Å². The number of likely N-dealkylation sites (tertiary alicyclic amines) is 1. The molecular formula is C15H29N3O3S. The average Bonchev–Trinajstić information content (AvgIpc) is 2.47. The van der Waals surface area contributed by atoms with Gasteiger partial charge in [-0.3, -0.25) is 4.79 Å². The molecule has 1 unspecified atom stereocenters. The summed E-state index contributed by atoms with van der Waals surface area (Å²) in [6.45, 7) is 6.86. The molecule has 0 saturated carbocycles. The molecule has 0 aromatic heterocycles. The Morgan fingerprint density at radius 3 is 2.64 bits per heavy atom. The van der Waals surface area contributed by atoms with E-state index < -0.39 is 14.6 Å². The maximum atomic E-state index is 12.5. The molecule has 0 bridgehead atoms. The van der Waals surface area contributed by atoms with Gasteiger partial charge in [0.25, 0.3) is 0 Å². The van der Waals surface area contributed by atoms with Crippen LogP contribution in [0.25, 0.3) is 0 Å². The van der Waals surface area contributed by atoms with Gasteiger partial charge in [-0.2, -0.15) is 0 Å². The second-order valence-corrected chi connectivity index (χ2v) is 9.15. The van der Waals surface area contributed by atoms with Crippen molar-refractivity contribution in [3.63, 3.8) is 0 Å². The molecule has 2 heterocycles. The van der Waals surface area contributed by atoms with Crippen molar-refractivity contribution in [2.24, 2.45) is 5.92 Å². The highest BCUT2D eigenvalue weighted by Crippen LogP contribution is 2.27. The van der Waals surface area contributed by atoms with E-state index in [-0.39, 0.29) is 5.91 Å². The van der Waals surface area contributed by atoms with Crippen molar-refractivity contribution in [1.29, 1.82) is 0 Å². The number of piperidine rings is 2. The Bertz CT molecular complexity index is 486. The zero-order valence-corrected chi connectivity index (χ0v) is 14.5. The van der Waals surface area contributed by atoms with E-state index in [4.69, 9.17) is 0 Å². The van der Waals surface area contributed by atoms with Crippen LogP contribution in [0.1, 0.15) is 32.6 Å². The predicted octanol–water partition coefficient (Wildman–Crippen LogP) is 0.00130. The van der Waals surface area contributed by atoms with Crippen molar-refractivity contribution in [2.75, 3.05) is 45.5 Å². The second-order valence-electron chi connectivity index (χ2n) is 6.82. The summed E-state index contributed by atoms with van der Waals surface area (Å²) in [6, 6.07) is 0. The summed E-state index contributed by atoms with van der Waals surface area (Å²) in [5.74, 6) is 0.387. The van der Waals surface area contributed by atoms with Gasteiger partial charge in [-0.25, -0.2) is 8.42 Å². The first-order valence-electron chi connectivity index (χ1n) is 8.26. The van der Waals surface area contributed by atoms with Gasteiger partial charge < -0.3 is 15.5 Å². The molecule has 0 aromatic rings. The minimum Gasteiger partial charge on any atom is -0.353 e. The van der Waals surface area contributed by atoms with Crippen LogP contribution < -0.4 is 10.6 Å². The number of rotatable bonds is 5. The topological polar surface area (TPSA) is 78.5 Å². The summed E-state index contributed by atoms with van der Waals surface area (Å²) >= 11 is 0. The van der Waals surface area contributed by atoms with Crippen molar-refractivity contribution >= 4 is 15.7 Å². The Morgan fingerprint density at radius 2 is 2.05 bits per heavy atom. The Labute approximate surface area is 133 Å². The molecule has 1 amide bonds. The lowest BCUT2D eigenvalue weighted by Crippen LogP contribution is -2.58. The van der Waals surface area contributed by atoms with Gasteiger partial charge in [-0.05, 0) is 51.2 Å². The summed E-state index contributed by atoms with van der Waals surface area (Å²) < 4.78 is 23.1. The molecule has 22 heavy (non-hydrogen) atoms. The third kappa shape index (κ3) is 4.00. The molecular weight excluding hydrogens is 302 g/mol. The number of amides is 1. The van der Waals surface area contributed by atoms with Crippen LogP contribution in [-0.2, 0) is 14.6 Å². The molecule has 2 fully saturated rings. The highest BCUT2D eigenvalue weighted by atomic mass is 32.2. The summed E-state index contributed by atoms with van der Waals surface area (Å²) in [5.41, 5.74) is 0. The first-order chi connectivity index (χ1) is 10.3.